The number of aromatic nitrogens is 1. The Morgan fingerprint density at radius 2 is 1.68 bits per heavy atom. The van der Waals surface area contributed by atoms with Crippen LogP contribution < -0.4 is 19.5 Å². The summed E-state index contributed by atoms with van der Waals surface area (Å²) in [5.41, 5.74) is 2.82. The largest absolute Gasteiger partial charge is 0.493 e. The zero-order valence-electron chi connectivity index (χ0n) is 16.1. The lowest BCUT2D eigenvalue weighted by Gasteiger charge is -2.15. The first kappa shape index (κ1) is 18.1. The second kappa shape index (κ2) is 7.38. The lowest BCUT2D eigenvalue weighted by atomic mass is 10.0. The van der Waals surface area contributed by atoms with Gasteiger partial charge < -0.3 is 19.5 Å². The second-order valence-corrected chi connectivity index (χ2v) is 6.73. The molecule has 0 radical (unpaired) electrons. The van der Waals surface area contributed by atoms with Crippen LogP contribution in [0.25, 0.3) is 22.2 Å². The minimum atomic E-state index is -0.0743. The molecule has 28 heavy (non-hydrogen) atoms. The fourth-order valence-electron chi connectivity index (χ4n) is 3.23. The number of methoxy groups -OCH3 is 3. The lowest BCUT2D eigenvalue weighted by Crippen LogP contribution is -2.25. The normalized spacial score (nSPS) is 13.2. The van der Waals surface area contributed by atoms with Gasteiger partial charge >= 0.3 is 0 Å². The number of carbonyl (C=O) groups excluding carboxylic acids is 1. The van der Waals surface area contributed by atoms with E-state index in [1.807, 2.05) is 42.5 Å². The first-order valence-corrected chi connectivity index (χ1v) is 9.15. The molecule has 1 N–H and O–H groups in total. The Balaban J connectivity index is 1.88. The van der Waals surface area contributed by atoms with Crippen LogP contribution >= 0.6 is 0 Å². The third-order valence-corrected chi connectivity index (χ3v) is 4.83. The van der Waals surface area contributed by atoms with Gasteiger partial charge in [0.15, 0.2) is 11.5 Å². The lowest BCUT2D eigenvalue weighted by molar-refractivity contribution is 0.0952. The van der Waals surface area contributed by atoms with E-state index in [2.05, 4.69) is 5.32 Å². The first-order valence-electron chi connectivity index (χ1n) is 9.15. The highest BCUT2D eigenvalue weighted by Gasteiger charge is 2.25. The van der Waals surface area contributed by atoms with Crippen molar-refractivity contribution >= 4 is 16.8 Å². The molecule has 6 heteroatoms. The molecule has 1 aliphatic rings. The standard InChI is InChI=1S/C22H22N2O4/c1-26-19-10-13(11-20(27-2)21(19)28-3)18-12-16(22(25)23-14-8-9-14)15-6-4-5-7-17(15)24-18/h4-7,10-12,14H,8-9H2,1-3H3,(H,23,25). The van der Waals surface area contributed by atoms with Crippen molar-refractivity contribution in [1.29, 1.82) is 0 Å². The zero-order valence-corrected chi connectivity index (χ0v) is 16.1. The van der Waals surface area contributed by atoms with Gasteiger partial charge in [-0.2, -0.15) is 0 Å². The third-order valence-electron chi connectivity index (χ3n) is 4.83. The van der Waals surface area contributed by atoms with Gasteiger partial charge in [-0.25, -0.2) is 4.98 Å². The van der Waals surface area contributed by atoms with Crippen LogP contribution in [-0.2, 0) is 0 Å². The maximum atomic E-state index is 12.8. The highest BCUT2D eigenvalue weighted by atomic mass is 16.5. The molecule has 0 aliphatic heterocycles. The van der Waals surface area contributed by atoms with Crippen LogP contribution in [0.15, 0.2) is 42.5 Å². The summed E-state index contributed by atoms with van der Waals surface area (Å²) in [5, 5.41) is 3.90. The van der Waals surface area contributed by atoms with E-state index in [0.717, 1.165) is 29.3 Å². The number of rotatable bonds is 6. The van der Waals surface area contributed by atoms with E-state index in [4.69, 9.17) is 19.2 Å². The molecule has 1 heterocycles. The molecule has 1 amide bonds. The van der Waals surface area contributed by atoms with E-state index in [0.29, 0.717) is 28.5 Å². The van der Waals surface area contributed by atoms with Crippen molar-refractivity contribution in [1.82, 2.24) is 10.3 Å². The van der Waals surface area contributed by atoms with Gasteiger partial charge in [-0.15, -0.1) is 0 Å². The summed E-state index contributed by atoms with van der Waals surface area (Å²) in [6.07, 6.45) is 2.07. The molecule has 4 rings (SSSR count). The molecular formula is C22H22N2O4. The number of hydrogen-bond donors (Lipinski definition) is 1. The van der Waals surface area contributed by atoms with Gasteiger partial charge in [0.2, 0.25) is 5.75 Å². The molecule has 0 saturated heterocycles. The smallest absolute Gasteiger partial charge is 0.252 e. The number of nitrogens with one attached hydrogen (secondary N) is 1. The Hall–Kier alpha value is -3.28. The Kier molecular flexibility index (Phi) is 4.77. The molecule has 0 atom stereocenters. The second-order valence-electron chi connectivity index (χ2n) is 6.73. The minimum absolute atomic E-state index is 0.0743. The minimum Gasteiger partial charge on any atom is -0.493 e. The molecule has 6 nitrogen and oxygen atoms in total. The summed E-state index contributed by atoms with van der Waals surface area (Å²) in [7, 11) is 4.71. The van der Waals surface area contributed by atoms with Crippen molar-refractivity contribution in [3.8, 4) is 28.5 Å². The SMILES string of the molecule is COc1cc(-c2cc(C(=O)NC3CC3)c3ccccc3n2)cc(OC)c1OC. The maximum absolute atomic E-state index is 12.8. The quantitative estimate of drug-likeness (QED) is 0.706. The van der Waals surface area contributed by atoms with Gasteiger partial charge in [0.05, 0.1) is 38.1 Å². The number of pyridine rings is 1. The molecule has 0 bridgehead atoms. The topological polar surface area (TPSA) is 69.7 Å². The van der Waals surface area contributed by atoms with E-state index < -0.39 is 0 Å². The molecule has 0 unspecified atom stereocenters. The summed E-state index contributed by atoms with van der Waals surface area (Å²) in [6.45, 7) is 0. The molecule has 3 aromatic rings. The third kappa shape index (κ3) is 3.33. The highest BCUT2D eigenvalue weighted by Crippen LogP contribution is 2.41. The van der Waals surface area contributed by atoms with E-state index in [1.54, 1.807) is 21.3 Å². The van der Waals surface area contributed by atoms with Crippen molar-refractivity contribution in [2.24, 2.45) is 0 Å². The fourth-order valence-corrected chi connectivity index (χ4v) is 3.23. The van der Waals surface area contributed by atoms with Crippen molar-refractivity contribution in [3.63, 3.8) is 0 Å². The molecule has 1 saturated carbocycles. The van der Waals surface area contributed by atoms with E-state index in [-0.39, 0.29) is 11.9 Å². The van der Waals surface area contributed by atoms with Gasteiger partial charge in [-0.1, -0.05) is 18.2 Å². The number of amides is 1. The van der Waals surface area contributed by atoms with Crippen molar-refractivity contribution in [2.45, 2.75) is 18.9 Å². The summed E-state index contributed by atoms with van der Waals surface area (Å²) >= 11 is 0. The van der Waals surface area contributed by atoms with Crippen LogP contribution in [0.5, 0.6) is 17.2 Å². The summed E-state index contributed by atoms with van der Waals surface area (Å²) < 4.78 is 16.3. The van der Waals surface area contributed by atoms with Crippen molar-refractivity contribution in [3.05, 3.63) is 48.0 Å². The van der Waals surface area contributed by atoms with Gasteiger partial charge in [-0.3, -0.25) is 4.79 Å². The van der Waals surface area contributed by atoms with Crippen molar-refractivity contribution < 1.29 is 19.0 Å². The number of ether oxygens (including phenoxy) is 3. The van der Waals surface area contributed by atoms with Gasteiger partial charge in [0, 0.05) is 17.0 Å². The first-order chi connectivity index (χ1) is 13.6. The molecule has 0 spiro atoms. The number of benzene rings is 2. The molecule has 1 aromatic heterocycles. The number of nitrogens with zero attached hydrogens (tertiary/aromatic N) is 1. The van der Waals surface area contributed by atoms with E-state index in [1.165, 1.54) is 0 Å². The highest BCUT2D eigenvalue weighted by molar-refractivity contribution is 6.07. The maximum Gasteiger partial charge on any atom is 0.252 e. The number of fused-ring (bicyclic) bond motifs is 1. The Morgan fingerprint density at radius 3 is 2.29 bits per heavy atom. The monoisotopic (exact) mass is 378 g/mol. The predicted octanol–water partition coefficient (Wildman–Crippen LogP) is 3.82. The fraction of sp³-hybridized carbons (Fsp3) is 0.273. The van der Waals surface area contributed by atoms with Gasteiger partial charge in [0.25, 0.3) is 5.91 Å². The van der Waals surface area contributed by atoms with E-state index >= 15 is 0 Å². The van der Waals surface area contributed by atoms with Crippen LogP contribution in [0, 0.1) is 0 Å². The molecule has 1 aliphatic carbocycles. The average Bonchev–Trinajstić information content (AvgIpc) is 3.55. The van der Waals surface area contributed by atoms with Gasteiger partial charge in [0.1, 0.15) is 0 Å². The molecule has 2 aromatic carbocycles. The summed E-state index contributed by atoms with van der Waals surface area (Å²) in [4.78, 5) is 17.6. The molecular weight excluding hydrogens is 356 g/mol. The molecule has 1 fully saturated rings. The molecule has 144 valence electrons. The Morgan fingerprint density at radius 1 is 1.00 bits per heavy atom. The zero-order chi connectivity index (χ0) is 19.7. The number of carbonyl (C=O) groups is 1. The van der Waals surface area contributed by atoms with Crippen LogP contribution in [0.3, 0.4) is 0 Å². The van der Waals surface area contributed by atoms with Crippen LogP contribution in [0.4, 0.5) is 0 Å². The number of para-hydroxylation sites is 1. The predicted molar refractivity (Wildman–Crippen MR) is 107 cm³/mol. The Bertz CT molecular complexity index is 1020. The summed E-state index contributed by atoms with van der Waals surface area (Å²) in [5.74, 6) is 1.52. The van der Waals surface area contributed by atoms with E-state index in [9.17, 15) is 4.79 Å². The van der Waals surface area contributed by atoms with Crippen LogP contribution in [0.2, 0.25) is 0 Å². The van der Waals surface area contributed by atoms with Crippen molar-refractivity contribution in [2.75, 3.05) is 21.3 Å². The number of hydrogen-bond acceptors (Lipinski definition) is 5. The average molecular weight is 378 g/mol. The van der Waals surface area contributed by atoms with Crippen LogP contribution in [0.1, 0.15) is 23.2 Å². The Labute approximate surface area is 163 Å². The van der Waals surface area contributed by atoms with Crippen LogP contribution in [-0.4, -0.2) is 38.3 Å². The van der Waals surface area contributed by atoms with Gasteiger partial charge in [-0.05, 0) is 37.1 Å². The summed E-state index contributed by atoms with van der Waals surface area (Å²) in [6, 6.07) is 13.4.